The van der Waals surface area contributed by atoms with Crippen molar-refractivity contribution in [2.75, 3.05) is 11.9 Å². The van der Waals surface area contributed by atoms with Crippen LogP contribution in [0.15, 0.2) is 12.4 Å². The Hall–Kier alpha value is -1.65. The molecule has 0 spiro atoms. The first-order chi connectivity index (χ1) is 8.72. The van der Waals surface area contributed by atoms with Crippen LogP contribution in [0.4, 0.5) is 5.82 Å². The highest BCUT2D eigenvalue weighted by Gasteiger charge is 2.34. The molecule has 1 aliphatic carbocycles. The molecule has 5 nitrogen and oxygen atoms in total. The fourth-order valence-corrected chi connectivity index (χ4v) is 2.67. The van der Waals surface area contributed by atoms with Crippen LogP contribution in [0.5, 0.6) is 0 Å². The van der Waals surface area contributed by atoms with Gasteiger partial charge >= 0.3 is 0 Å². The number of aromatic nitrogens is 4. The van der Waals surface area contributed by atoms with Crippen molar-refractivity contribution in [1.29, 1.82) is 0 Å². The van der Waals surface area contributed by atoms with Gasteiger partial charge in [0, 0.05) is 18.3 Å². The smallest absolute Gasteiger partial charge is 0.254 e. The molecule has 2 heterocycles. The van der Waals surface area contributed by atoms with E-state index in [1.807, 2.05) is 13.0 Å². The zero-order valence-corrected chi connectivity index (χ0v) is 11.0. The quantitative estimate of drug-likeness (QED) is 0.898. The summed E-state index contributed by atoms with van der Waals surface area (Å²) in [6.07, 6.45) is 6.82. The number of aryl methyl sites for hydroxylation is 1. The molecule has 1 aliphatic rings. The molecule has 0 bridgehead atoms. The van der Waals surface area contributed by atoms with Crippen LogP contribution >= 0.6 is 0 Å². The normalized spacial score (nSPS) is 17.7. The molecule has 2 aromatic rings. The maximum Gasteiger partial charge on any atom is 0.254 e. The van der Waals surface area contributed by atoms with Crippen LogP contribution < -0.4 is 5.32 Å². The van der Waals surface area contributed by atoms with Crippen molar-refractivity contribution in [1.82, 2.24) is 19.6 Å². The third-order valence-corrected chi connectivity index (χ3v) is 4.19. The molecular formula is C13H19N5. The topological polar surface area (TPSA) is 55.1 Å². The Morgan fingerprint density at radius 1 is 1.44 bits per heavy atom. The van der Waals surface area contributed by atoms with Crippen LogP contribution in [0.3, 0.4) is 0 Å². The van der Waals surface area contributed by atoms with E-state index in [9.17, 15) is 0 Å². The summed E-state index contributed by atoms with van der Waals surface area (Å²) in [6.45, 7) is 5.28. The molecule has 0 saturated heterocycles. The van der Waals surface area contributed by atoms with E-state index in [0.29, 0.717) is 11.2 Å². The highest BCUT2D eigenvalue weighted by molar-refractivity contribution is 5.44. The van der Waals surface area contributed by atoms with Gasteiger partial charge in [0.25, 0.3) is 5.78 Å². The van der Waals surface area contributed by atoms with Gasteiger partial charge in [0.05, 0.1) is 0 Å². The Bertz CT molecular complexity index is 550. The second kappa shape index (κ2) is 4.23. The van der Waals surface area contributed by atoms with Crippen LogP contribution in [-0.4, -0.2) is 26.1 Å². The number of hydrogen-bond acceptors (Lipinski definition) is 4. The van der Waals surface area contributed by atoms with E-state index >= 15 is 0 Å². The molecule has 0 radical (unpaired) electrons. The van der Waals surface area contributed by atoms with Crippen molar-refractivity contribution < 1.29 is 0 Å². The van der Waals surface area contributed by atoms with Gasteiger partial charge in [-0.25, -0.2) is 4.98 Å². The van der Waals surface area contributed by atoms with Gasteiger partial charge < -0.3 is 5.32 Å². The fraction of sp³-hybridized carbons (Fsp3) is 0.615. The SMILES string of the molecule is CCC1(CNc2cc(C)nc3ncnn23)CCC1. The Balaban J connectivity index is 1.83. The van der Waals surface area contributed by atoms with Crippen LogP contribution in [0.25, 0.3) is 5.78 Å². The van der Waals surface area contributed by atoms with Crippen molar-refractivity contribution in [3.63, 3.8) is 0 Å². The largest absolute Gasteiger partial charge is 0.369 e. The molecular weight excluding hydrogens is 226 g/mol. The maximum absolute atomic E-state index is 4.34. The van der Waals surface area contributed by atoms with Gasteiger partial charge in [0.15, 0.2) is 0 Å². The molecule has 0 amide bonds. The van der Waals surface area contributed by atoms with E-state index in [0.717, 1.165) is 18.1 Å². The minimum Gasteiger partial charge on any atom is -0.369 e. The second-order valence-electron chi connectivity index (χ2n) is 5.32. The van der Waals surface area contributed by atoms with Crippen molar-refractivity contribution in [2.45, 2.75) is 39.5 Å². The summed E-state index contributed by atoms with van der Waals surface area (Å²) in [4.78, 5) is 8.48. The average molecular weight is 245 g/mol. The highest BCUT2D eigenvalue weighted by atomic mass is 15.3. The lowest BCUT2D eigenvalue weighted by atomic mass is 9.67. The summed E-state index contributed by atoms with van der Waals surface area (Å²) < 4.78 is 1.77. The lowest BCUT2D eigenvalue weighted by Crippen LogP contribution is -2.36. The monoisotopic (exact) mass is 245 g/mol. The number of rotatable bonds is 4. The van der Waals surface area contributed by atoms with E-state index in [4.69, 9.17) is 0 Å². The van der Waals surface area contributed by atoms with Crippen molar-refractivity contribution >= 4 is 11.6 Å². The molecule has 3 rings (SSSR count). The van der Waals surface area contributed by atoms with E-state index in [-0.39, 0.29) is 0 Å². The van der Waals surface area contributed by atoms with Crippen LogP contribution in [0.1, 0.15) is 38.3 Å². The predicted octanol–water partition coefficient (Wildman–Crippen LogP) is 2.42. The summed E-state index contributed by atoms with van der Waals surface area (Å²) in [5.74, 6) is 1.66. The van der Waals surface area contributed by atoms with Crippen LogP contribution in [0, 0.1) is 12.3 Å². The molecule has 0 atom stereocenters. The van der Waals surface area contributed by atoms with Gasteiger partial charge in [0.1, 0.15) is 12.1 Å². The van der Waals surface area contributed by atoms with Crippen molar-refractivity contribution in [2.24, 2.45) is 5.41 Å². The zero-order chi connectivity index (χ0) is 12.6. The Morgan fingerprint density at radius 2 is 2.28 bits per heavy atom. The summed E-state index contributed by atoms with van der Waals surface area (Å²) in [5.41, 5.74) is 1.46. The lowest BCUT2D eigenvalue weighted by molar-refractivity contribution is 0.145. The first-order valence-corrected chi connectivity index (χ1v) is 6.64. The van der Waals surface area contributed by atoms with E-state index < -0.39 is 0 Å². The number of fused-ring (bicyclic) bond motifs is 1. The fourth-order valence-electron chi connectivity index (χ4n) is 2.67. The zero-order valence-electron chi connectivity index (χ0n) is 11.0. The molecule has 0 aliphatic heterocycles. The highest BCUT2D eigenvalue weighted by Crippen LogP contribution is 2.43. The number of nitrogens with one attached hydrogen (secondary N) is 1. The Kier molecular flexibility index (Phi) is 2.69. The Morgan fingerprint density at radius 3 is 2.94 bits per heavy atom. The first kappa shape index (κ1) is 11.4. The van der Waals surface area contributed by atoms with Crippen molar-refractivity contribution in [3.8, 4) is 0 Å². The molecule has 2 aromatic heterocycles. The summed E-state index contributed by atoms with van der Waals surface area (Å²) in [6, 6.07) is 2.03. The van der Waals surface area contributed by atoms with Gasteiger partial charge in [-0.1, -0.05) is 13.3 Å². The third-order valence-electron chi connectivity index (χ3n) is 4.19. The van der Waals surface area contributed by atoms with Crippen molar-refractivity contribution in [3.05, 3.63) is 18.1 Å². The van der Waals surface area contributed by atoms with Crippen LogP contribution in [0.2, 0.25) is 0 Å². The first-order valence-electron chi connectivity index (χ1n) is 6.64. The molecule has 96 valence electrons. The van der Waals surface area contributed by atoms with Crippen LogP contribution in [-0.2, 0) is 0 Å². The second-order valence-corrected chi connectivity index (χ2v) is 5.32. The standard InChI is InChI=1S/C13H19N5/c1-3-13(5-4-6-13)8-14-11-7-10(2)17-12-15-9-16-18(11)12/h7,9,14H,3-6,8H2,1-2H3. The number of anilines is 1. The lowest BCUT2D eigenvalue weighted by Gasteiger charge is -2.41. The molecule has 1 saturated carbocycles. The molecule has 18 heavy (non-hydrogen) atoms. The summed E-state index contributed by atoms with van der Waals surface area (Å²) in [7, 11) is 0. The van der Waals surface area contributed by atoms with E-state index in [1.54, 1.807) is 10.8 Å². The van der Waals surface area contributed by atoms with Gasteiger partial charge in [-0.15, -0.1) is 0 Å². The van der Waals surface area contributed by atoms with Gasteiger partial charge in [-0.3, -0.25) is 0 Å². The number of nitrogens with zero attached hydrogens (tertiary/aromatic N) is 4. The van der Waals surface area contributed by atoms with Gasteiger partial charge in [-0.05, 0) is 31.6 Å². The molecule has 1 N–H and O–H groups in total. The molecule has 0 unspecified atom stereocenters. The average Bonchev–Trinajstić information content (AvgIpc) is 2.75. The summed E-state index contributed by atoms with van der Waals surface area (Å²) >= 11 is 0. The molecule has 5 heteroatoms. The predicted molar refractivity (Wildman–Crippen MR) is 70.6 cm³/mol. The summed E-state index contributed by atoms with van der Waals surface area (Å²) in [5, 5.41) is 7.74. The Labute approximate surface area is 107 Å². The molecule has 0 aromatic carbocycles. The van der Waals surface area contributed by atoms with E-state index in [2.05, 4.69) is 27.3 Å². The minimum absolute atomic E-state index is 0.490. The van der Waals surface area contributed by atoms with Gasteiger partial charge in [0.2, 0.25) is 0 Å². The van der Waals surface area contributed by atoms with E-state index in [1.165, 1.54) is 25.7 Å². The minimum atomic E-state index is 0.490. The maximum atomic E-state index is 4.34. The number of hydrogen-bond donors (Lipinski definition) is 1. The van der Waals surface area contributed by atoms with Gasteiger partial charge in [-0.2, -0.15) is 14.6 Å². The third kappa shape index (κ3) is 1.83. The molecule has 1 fully saturated rings.